The fourth-order valence-corrected chi connectivity index (χ4v) is 2.24. The Morgan fingerprint density at radius 1 is 0.833 bits per heavy atom. The fraction of sp³-hybridized carbons (Fsp3) is 0.750. The number of carboxylic acid groups (broad SMARTS) is 1. The lowest BCUT2D eigenvalue weighted by molar-refractivity contribution is -0.137. The third kappa shape index (κ3) is 9.36. The van der Waals surface area contributed by atoms with Crippen LogP contribution in [0.25, 0.3) is 0 Å². The fourth-order valence-electron chi connectivity index (χ4n) is 2.24. The topological polar surface area (TPSA) is 167 Å². The summed E-state index contributed by atoms with van der Waals surface area (Å²) in [5.41, 5.74) is 16.4. The monoisotopic (exact) mass is 343 g/mol. The van der Waals surface area contributed by atoms with Crippen LogP contribution in [-0.2, 0) is 19.2 Å². The predicted molar refractivity (Wildman–Crippen MR) is 88.8 cm³/mol. The van der Waals surface area contributed by atoms with Gasteiger partial charge in [0.25, 0.3) is 0 Å². The van der Waals surface area contributed by atoms with Gasteiger partial charge in [0, 0.05) is 25.7 Å². The Morgan fingerprint density at radius 3 is 1.54 bits per heavy atom. The summed E-state index contributed by atoms with van der Waals surface area (Å²) < 4.78 is 0. The van der Waals surface area contributed by atoms with Crippen molar-refractivity contribution in [2.24, 2.45) is 29.0 Å². The van der Waals surface area contributed by atoms with Gasteiger partial charge < -0.3 is 22.3 Å². The Hall–Kier alpha value is -1.80. The molecule has 7 N–H and O–H groups in total. The molecule has 0 rings (SSSR count). The first-order valence-corrected chi connectivity index (χ1v) is 8.11. The van der Waals surface area contributed by atoms with Crippen molar-refractivity contribution in [3.63, 3.8) is 0 Å². The molecule has 0 aliphatic carbocycles. The third-order valence-electron chi connectivity index (χ3n) is 4.22. The highest BCUT2D eigenvalue weighted by Crippen LogP contribution is 2.21. The Bertz CT molecular complexity index is 425. The van der Waals surface area contributed by atoms with Crippen LogP contribution in [0.5, 0.6) is 0 Å². The van der Waals surface area contributed by atoms with Crippen LogP contribution in [0, 0.1) is 11.8 Å². The molecule has 0 heterocycles. The molecule has 0 fully saturated rings. The summed E-state index contributed by atoms with van der Waals surface area (Å²) in [7, 11) is 0. The molecule has 0 spiro atoms. The maximum atomic E-state index is 12.0. The molecular formula is C16H29N3O5. The van der Waals surface area contributed by atoms with Crippen LogP contribution in [0.1, 0.15) is 52.4 Å². The summed E-state index contributed by atoms with van der Waals surface area (Å²) in [6.07, 6.45) is 0.628. The average Bonchev–Trinajstić information content (AvgIpc) is 2.49. The van der Waals surface area contributed by atoms with E-state index in [1.165, 1.54) is 0 Å². The molecule has 0 saturated heterocycles. The lowest BCUT2D eigenvalue weighted by Gasteiger charge is -2.21. The minimum atomic E-state index is -0.991. The van der Waals surface area contributed by atoms with E-state index >= 15 is 0 Å². The molecule has 1 amide bonds. The number of primary amides is 1. The molecule has 8 nitrogen and oxygen atoms in total. The highest BCUT2D eigenvalue weighted by atomic mass is 16.4. The van der Waals surface area contributed by atoms with Crippen molar-refractivity contribution in [2.75, 3.05) is 0 Å². The second-order valence-corrected chi connectivity index (χ2v) is 6.45. The van der Waals surface area contributed by atoms with E-state index in [1.807, 2.05) is 13.8 Å². The third-order valence-corrected chi connectivity index (χ3v) is 4.22. The number of carboxylic acids is 1. The first kappa shape index (κ1) is 22.2. The number of carbonyl (C=O) groups is 4. The molecule has 0 aromatic rings. The smallest absolute Gasteiger partial charge is 0.303 e. The summed E-state index contributed by atoms with van der Waals surface area (Å²) in [5, 5.41) is 8.60. The van der Waals surface area contributed by atoms with E-state index in [-0.39, 0.29) is 61.9 Å². The number of Topliss-reactive ketones (excluding diaryl/α,β-unsaturated/α-hetero) is 2. The molecule has 0 aromatic carbocycles. The molecule has 0 bridgehead atoms. The zero-order valence-corrected chi connectivity index (χ0v) is 14.4. The van der Waals surface area contributed by atoms with E-state index < -0.39 is 24.0 Å². The molecule has 0 aromatic heterocycles. The molecule has 2 unspecified atom stereocenters. The van der Waals surface area contributed by atoms with Gasteiger partial charge in [-0.25, -0.2) is 0 Å². The van der Waals surface area contributed by atoms with Gasteiger partial charge in [-0.3, -0.25) is 19.2 Å². The first-order valence-electron chi connectivity index (χ1n) is 8.11. The van der Waals surface area contributed by atoms with Gasteiger partial charge in [-0.15, -0.1) is 0 Å². The van der Waals surface area contributed by atoms with Crippen molar-refractivity contribution in [1.29, 1.82) is 0 Å². The minimum absolute atomic E-state index is 0.0633. The largest absolute Gasteiger partial charge is 0.481 e. The van der Waals surface area contributed by atoms with E-state index in [2.05, 4.69) is 0 Å². The number of hydrogen-bond acceptors (Lipinski definition) is 6. The quantitative estimate of drug-likeness (QED) is 0.364. The van der Waals surface area contributed by atoms with Crippen molar-refractivity contribution in [1.82, 2.24) is 0 Å². The van der Waals surface area contributed by atoms with Crippen LogP contribution in [-0.4, -0.2) is 40.6 Å². The summed E-state index contributed by atoms with van der Waals surface area (Å²) in [6, 6.07) is -1.54. The van der Waals surface area contributed by atoms with Crippen LogP contribution in [0.15, 0.2) is 0 Å². The molecule has 138 valence electrons. The minimum Gasteiger partial charge on any atom is -0.481 e. The molecular weight excluding hydrogens is 314 g/mol. The first-order chi connectivity index (χ1) is 11.0. The Kier molecular flexibility index (Phi) is 10.1. The molecule has 0 aliphatic rings. The summed E-state index contributed by atoms with van der Waals surface area (Å²) in [6.45, 7) is 3.69. The number of carbonyl (C=O) groups excluding carboxylic acids is 3. The molecule has 24 heavy (non-hydrogen) atoms. The zero-order valence-electron chi connectivity index (χ0n) is 14.4. The number of ketones is 2. The van der Waals surface area contributed by atoms with Gasteiger partial charge in [0.2, 0.25) is 5.91 Å². The van der Waals surface area contributed by atoms with E-state index in [1.54, 1.807) is 0 Å². The van der Waals surface area contributed by atoms with Crippen LogP contribution in [0.4, 0.5) is 0 Å². The maximum Gasteiger partial charge on any atom is 0.303 e. The zero-order chi connectivity index (χ0) is 18.9. The summed E-state index contributed by atoms with van der Waals surface area (Å²) in [4.78, 5) is 45.2. The van der Waals surface area contributed by atoms with Gasteiger partial charge >= 0.3 is 5.97 Å². The van der Waals surface area contributed by atoms with Crippen molar-refractivity contribution in [3.05, 3.63) is 0 Å². The van der Waals surface area contributed by atoms with Gasteiger partial charge in [0.05, 0.1) is 12.1 Å². The molecule has 4 atom stereocenters. The van der Waals surface area contributed by atoms with E-state index in [4.69, 9.17) is 22.3 Å². The van der Waals surface area contributed by atoms with Crippen LogP contribution in [0.2, 0.25) is 0 Å². The summed E-state index contributed by atoms with van der Waals surface area (Å²) >= 11 is 0. The van der Waals surface area contributed by atoms with E-state index in [9.17, 15) is 19.2 Å². The van der Waals surface area contributed by atoms with Gasteiger partial charge in [-0.1, -0.05) is 13.8 Å². The molecule has 0 aliphatic heterocycles. The number of hydrogen-bond donors (Lipinski definition) is 4. The highest BCUT2D eigenvalue weighted by molar-refractivity contribution is 5.86. The number of nitrogens with two attached hydrogens (primary N) is 3. The normalized spacial score (nSPS) is 16.0. The molecule has 8 heteroatoms. The lowest BCUT2D eigenvalue weighted by Crippen LogP contribution is -2.35. The Labute approximate surface area is 142 Å². The van der Waals surface area contributed by atoms with Gasteiger partial charge in [0.15, 0.2) is 0 Å². The second kappa shape index (κ2) is 10.9. The SMILES string of the molecule is CC(CC(=O)[C@@H](N)CCC(N)=O)C(C)CC(=O)[C@@H](N)CCC(=O)O. The molecule has 0 radical (unpaired) electrons. The van der Waals surface area contributed by atoms with Crippen molar-refractivity contribution in [2.45, 2.75) is 64.5 Å². The maximum absolute atomic E-state index is 12.0. The van der Waals surface area contributed by atoms with E-state index in [0.717, 1.165) is 0 Å². The van der Waals surface area contributed by atoms with Crippen LogP contribution >= 0.6 is 0 Å². The van der Waals surface area contributed by atoms with E-state index in [0.29, 0.717) is 0 Å². The van der Waals surface area contributed by atoms with Crippen LogP contribution in [0.3, 0.4) is 0 Å². The van der Waals surface area contributed by atoms with Crippen molar-refractivity contribution < 1.29 is 24.3 Å². The van der Waals surface area contributed by atoms with Gasteiger partial charge in [-0.05, 0) is 24.7 Å². The van der Waals surface area contributed by atoms with Gasteiger partial charge in [0.1, 0.15) is 11.6 Å². The van der Waals surface area contributed by atoms with Gasteiger partial charge in [-0.2, -0.15) is 0 Å². The standard InChI is InChI=1S/C16H29N3O5/c1-9(7-13(20)11(17)3-5-15(19)22)10(2)8-14(21)12(18)4-6-16(23)24/h9-12H,3-8,17-18H2,1-2H3,(H2,19,22)(H,23,24)/t9?,10?,11-,12-/m0/s1. The second-order valence-electron chi connectivity index (χ2n) is 6.45. The highest BCUT2D eigenvalue weighted by Gasteiger charge is 2.24. The number of rotatable bonds is 13. The molecule has 0 saturated carbocycles. The Morgan fingerprint density at radius 2 is 1.21 bits per heavy atom. The number of amides is 1. The van der Waals surface area contributed by atoms with Crippen molar-refractivity contribution in [3.8, 4) is 0 Å². The Balaban J connectivity index is 4.32. The predicted octanol–water partition coefficient (Wildman–Crippen LogP) is -0.0381. The van der Waals surface area contributed by atoms with Crippen LogP contribution < -0.4 is 17.2 Å². The lowest BCUT2D eigenvalue weighted by atomic mass is 9.84. The number of aliphatic carboxylic acids is 1. The van der Waals surface area contributed by atoms with Crippen molar-refractivity contribution >= 4 is 23.4 Å². The summed E-state index contributed by atoms with van der Waals surface area (Å²) in [5.74, 6) is -2.02. The average molecular weight is 343 g/mol.